The third-order valence-electron chi connectivity index (χ3n) is 8.17. The fourth-order valence-corrected chi connectivity index (χ4v) is 5.70. The number of rotatable bonds is 13. The molecule has 1 heterocycles. The molecular formula is C35H43F3O. The van der Waals surface area contributed by atoms with Crippen LogP contribution in [0.25, 0.3) is 22.3 Å². The van der Waals surface area contributed by atoms with Crippen molar-refractivity contribution in [1.82, 2.24) is 0 Å². The molecule has 4 heteroatoms. The first-order valence-corrected chi connectivity index (χ1v) is 15.0. The number of aryl methyl sites for hydroxylation is 1. The van der Waals surface area contributed by atoms with Gasteiger partial charge >= 0.3 is 0 Å². The summed E-state index contributed by atoms with van der Waals surface area (Å²) in [5.41, 5.74) is 3.48. The molecule has 3 aromatic carbocycles. The molecule has 2 atom stereocenters. The second-order valence-electron chi connectivity index (χ2n) is 11.1. The first kappa shape index (κ1) is 29.4. The summed E-state index contributed by atoms with van der Waals surface area (Å²) in [6.07, 6.45) is 12.6. The van der Waals surface area contributed by atoms with E-state index in [-0.39, 0.29) is 17.5 Å². The Hall–Kier alpha value is -2.59. The zero-order valence-electron chi connectivity index (χ0n) is 23.6. The second-order valence-corrected chi connectivity index (χ2v) is 11.1. The van der Waals surface area contributed by atoms with Crippen LogP contribution in [0, 0.1) is 23.4 Å². The standard InChI is InChI=1S/C35H43F3O/c1-3-5-7-8-10-12-28-18-20-30(35(38)34(28)37)27-16-14-26(15-17-27)29-19-21-31(32(36)23-29)33-22-13-25(24-39-33)11-9-6-4-2/h14-21,23,25,33H,3-13,22,24H2,1-2H3. The van der Waals surface area contributed by atoms with Crippen molar-refractivity contribution in [3.63, 3.8) is 0 Å². The summed E-state index contributed by atoms with van der Waals surface area (Å²) < 4.78 is 50.9. The molecule has 4 rings (SSSR count). The average molecular weight is 537 g/mol. The van der Waals surface area contributed by atoms with Gasteiger partial charge in [0, 0.05) is 11.1 Å². The van der Waals surface area contributed by atoms with Crippen molar-refractivity contribution in [2.24, 2.45) is 5.92 Å². The van der Waals surface area contributed by atoms with Gasteiger partial charge in [0.25, 0.3) is 0 Å². The van der Waals surface area contributed by atoms with Gasteiger partial charge < -0.3 is 4.74 Å². The van der Waals surface area contributed by atoms with Crippen LogP contribution >= 0.6 is 0 Å². The molecule has 0 amide bonds. The SMILES string of the molecule is CCCCCCCc1ccc(-c2ccc(-c3ccc(C4CCC(CCCCC)CO4)c(F)c3)cc2)c(F)c1F. The highest BCUT2D eigenvalue weighted by Crippen LogP contribution is 2.36. The van der Waals surface area contributed by atoms with Crippen LogP contribution in [-0.2, 0) is 11.2 Å². The predicted molar refractivity (Wildman–Crippen MR) is 155 cm³/mol. The second kappa shape index (κ2) is 14.7. The molecule has 1 aliphatic rings. The van der Waals surface area contributed by atoms with Crippen molar-refractivity contribution in [3.05, 3.63) is 83.2 Å². The smallest absolute Gasteiger partial charge is 0.166 e. The van der Waals surface area contributed by atoms with Crippen LogP contribution in [-0.4, -0.2) is 6.61 Å². The Morgan fingerprint density at radius 2 is 1.38 bits per heavy atom. The maximum absolute atomic E-state index is 15.1. The Bertz CT molecular complexity index is 1180. The van der Waals surface area contributed by atoms with E-state index >= 15 is 4.39 Å². The number of unbranched alkanes of at least 4 members (excludes halogenated alkanes) is 6. The lowest BCUT2D eigenvalue weighted by Gasteiger charge is -2.29. The topological polar surface area (TPSA) is 9.23 Å². The summed E-state index contributed by atoms with van der Waals surface area (Å²) in [6, 6.07) is 15.9. The zero-order valence-corrected chi connectivity index (χ0v) is 23.6. The van der Waals surface area contributed by atoms with E-state index in [0.29, 0.717) is 35.6 Å². The van der Waals surface area contributed by atoms with Crippen molar-refractivity contribution in [2.75, 3.05) is 6.61 Å². The molecule has 0 aromatic heterocycles. The lowest BCUT2D eigenvalue weighted by Crippen LogP contribution is -2.21. The summed E-state index contributed by atoms with van der Waals surface area (Å²) >= 11 is 0. The van der Waals surface area contributed by atoms with Gasteiger partial charge in [-0.25, -0.2) is 13.2 Å². The molecule has 3 aromatic rings. The van der Waals surface area contributed by atoms with E-state index in [1.165, 1.54) is 32.1 Å². The Morgan fingerprint density at radius 1 is 0.692 bits per heavy atom. The van der Waals surface area contributed by atoms with Gasteiger partial charge in [0.15, 0.2) is 11.6 Å². The quantitative estimate of drug-likeness (QED) is 0.197. The summed E-state index contributed by atoms with van der Waals surface area (Å²) in [5.74, 6) is -1.23. The molecule has 0 saturated carbocycles. The first-order valence-electron chi connectivity index (χ1n) is 15.0. The number of hydrogen-bond acceptors (Lipinski definition) is 1. The molecule has 2 unspecified atom stereocenters. The fraction of sp³-hybridized carbons (Fsp3) is 0.486. The lowest BCUT2D eigenvalue weighted by atomic mass is 9.90. The minimum atomic E-state index is -0.802. The third kappa shape index (κ3) is 7.75. The normalized spacial score (nSPS) is 17.5. The maximum Gasteiger partial charge on any atom is 0.166 e. The van der Waals surface area contributed by atoms with Crippen LogP contribution in [0.1, 0.15) is 102 Å². The number of hydrogen-bond donors (Lipinski definition) is 0. The Balaban J connectivity index is 1.39. The molecule has 0 bridgehead atoms. The number of ether oxygens (including phenoxy) is 1. The Labute approximate surface area is 232 Å². The van der Waals surface area contributed by atoms with Crippen molar-refractivity contribution < 1.29 is 17.9 Å². The molecular weight excluding hydrogens is 493 g/mol. The van der Waals surface area contributed by atoms with Crippen LogP contribution in [0.2, 0.25) is 0 Å². The van der Waals surface area contributed by atoms with Crippen LogP contribution in [0.5, 0.6) is 0 Å². The lowest BCUT2D eigenvalue weighted by molar-refractivity contribution is -0.0215. The first-order chi connectivity index (χ1) is 19.0. The minimum absolute atomic E-state index is 0.193. The average Bonchev–Trinajstić information content (AvgIpc) is 2.96. The highest BCUT2D eigenvalue weighted by atomic mass is 19.2. The Morgan fingerprint density at radius 3 is 2.08 bits per heavy atom. The van der Waals surface area contributed by atoms with Gasteiger partial charge in [-0.1, -0.05) is 107 Å². The molecule has 39 heavy (non-hydrogen) atoms. The van der Waals surface area contributed by atoms with Crippen molar-refractivity contribution in [3.8, 4) is 22.3 Å². The van der Waals surface area contributed by atoms with E-state index < -0.39 is 11.6 Å². The summed E-state index contributed by atoms with van der Waals surface area (Å²) in [4.78, 5) is 0. The van der Waals surface area contributed by atoms with E-state index in [9.17, 15) is 8.78 Å². The summed E-state index contributed by atoms with van der Waals surface area (Å²) in [5, 5.41) is 0. The van der Waals surface area contributed by atoms with E-state index in [1.54, 1.807) is 30.3 Å². The van der Waals surface area contributed by atoms with E-state index in [1.807, 2.05) is 24.3 Å². The van der Waals surface area contributed by atoms with E-state index in [4.69, 9.17) is 4.74 Å². The van der Waals surface area contributed by atoms with Crippen molar-refractivity contribution in [2.45, 2.75) is 97.0 Å². The number of benzene rings is 3. The summed E-state index contributed by atoms with van der Waals surface area (Å²) in [7, 11) is 0. The van der Waals surface area contributed by atoms with Gasteiger partial charge in [-0.3, -0.25) is 0 Å². The van der Waals surface area contributed by atoms with E-state index in [2.05, 4.69) is 13.8 Å². The van der Waals surface area contributed by atoms with Crippen molar-refractivity contribution >= 4 is 0 Å². The molecule has 1 saturated heterocycles. The molecule has 1 fully saturated rings. The largest absolute Gasteiger partial charge is 0.373 e. The zero-order chi connectivity index (χ0) is 27.6. The summed E-state index contributed by atoms with van der Waals surface area (Å²) in [6.45, 7) is 5.07. The predicted octanol–water partition coefficient (Wildman–Crippen LogP) is 11.0. The maximum atomic E-state index is 15.1. The third-order valence-corrected chi connectivity index (χ3v) is 8.17. The van der Waals surface area contributed by atoms with Crippen LogP contribution < -0.4 is 0 Å². The van der Waals surface area contributed by atoms with E-state index in [0.717, 1.165) is 49.7 Å². The van der Waals surface area contributed by atoms with Gasteiger partial charge in [-0.15, -0.1) is 0 Å². The molecule has 1 aliphatic heterocycles. The molecule has 0 radical (unpaired) electrons. The molecule has 0 aliphatic carbocycles. The highest BCUT2D eigenvalue weighted by Gasteiger charge is 2.25. The van der Waals surface area contributed by atoms with Gasteiger partial charge in [0.05, 0.1) is 12.7 Å². The van der Waals surface area contributed by atoms with Crippen molar-refractivity contribution in [1.29, 1.82) is 0 Å². The van der Waals surface area contributed by atoms with Crippen LogP contribution in [0.3, 0.4) is 0 Å². The molecule has 0 spiro atoms. The van der Waals surface area contributed by atoms with Crippen LogP contribution in [0.4, 0.5) is 13.2 Å². The van der Waals surface area contributed by atoms with Gasteiger partial charge in [-0.05, 0) is 66.3 Å². The fourth-order valence-electron chi connectivity index (χ4n) is 5.70. The number of halogens is 3. The molecule has 1 nitrogen and oxygen atoms in total. The molecule has 210 valence electrons. The Kier molecular flexibility index (Phi) is 11.1. The van der Waals surface area contributed by atoms with Crippen LogP contribution in [0.15, 0.2) is 54.6 Å². The van der Waals surface area contributed by atoms with Gasteiger partial charge in [0.2, 0.25) is 0 Å². The molecule has 0 N–H and O–H groups in total. The minimum Gasteiger partial charge on any atom is -0.373 e. The van der Waals surface area contributed by atoms with Gasteiger partial charge in [-0.2, -0.15) is 0 Å². The highest BCUT2D eigenvalue weighted by molar-refractivity contribution is 5.71. The monoisotopic (exact) mass is 536 g/mol. The van der Waals surface area contributed by atoms with Gasteiger partial charge in [0.1, 0.15) is 5.82 Å².